The van der Waals surface area contributed by atoms with Crippen molar-refractivity contribution in [3.05, 3.63) is 89.5 Å². The van der Waals surface area contributed by atoms with Gasteiger partial charge in [-0.25, -0.2) is 8.42 Å². The second-order valence-corrected chi connectivity index (χ2v) is 9.09. The van der Waals surface area contributed by atoms with Crippen LogP contribution < -0.4 is 15.4 Å². The van der Waals surface area contributed by atoms with Gasteiger partial charge in [0, 0.05) is 22.5 Å². The Bertz CT molecular complexity index is 1210. The molecule has 0 aliphatic heterocycles. The molecule has 0 saturated heterocycles. The molecule has 0 unspecified atom stereocenters. The zero-order valence-electron chi connectivity index (χ0n) is 17.9. The Kier molecular flexibility index (Phi) is 7.27. The Labute approximate surface area is 187 Å². The Balaban J connectivity index is 1.68. The van der Waals surface area contributed by atoms with Crippen LogP contribution in [0.5, 0.6) is 0 Å². The van der Waals surface area contributed by atoms with Crippen LogP contribution in [0.1, 0.15) is 39.6 Å². The molecule has 2 amide bonds. The monoisotopic (exact) mass is 451 g/mol. The standard InChI is InChI=1S/C24H25N3O4S/c1-3-16-32(30,31)27-22-11-7-10-21(17(22)2)26-24(29)19-12-14-20(15-13-19)25-23(28)18-8-5-4-6-9-18/h4-15,27H,3,16H2,1-2H3,(H,25,28)(H,26,29). The van der Waals surface area contributed by atoms with Crippen LogP contribution in [0, 0.1) is 6.92 Å². The van der Waals surface area contributed by atoms with Crippen molar-refractivity contribution in [3.63, 3.8) is 0 Å². The molecule has 3 rings (SSSR count). The third-order valence-corrected chi connectivity index (χ3v) is 6.24. The number of hydrogen-bond acceptors (Lipinski definition) is 4. The first-order valence-electron chi connectivity index (χ1n) is 10.2. The third kappa shape index (κ3) is 5.95. The maximum Gasteiger partial charge on any atom is 0.255 e. The summed E-state index contributed by atoms with van der Waals surface area (Å²) in [6.07, 6.45) is 0.507. The zero-order valence-corrected chi connectivity index (χ0v) is 18.7. The van der Waals surface area contributed by atoms with Crippen LogP contribution >= 0.6 is 0 Å². The number of anilines is 3. The molecule has 0 bridgehead atoms. The van der Waals surface area contributed by atoms with Gasteiger partial charge in [-0.3, -0.25) is 14.3 Å². The summed E-state index contributed by atoms with van der Waals surface area (Å²) in [5.74, 6) is -0.556. The second-order valence-electron chi connectivity index (χ2n) is 7.25. The predicted octanol–water partition coefficient (Wildman–Crippen LogP) is 4.65. The van der Waals surface area contributed by atoms with Crippen molar-refractivity contribution in [1.82, 2.24) is 0 Å². The predicted molar refractivity (Wildman–Crippen MR) is 128 cm³/mol. The fourth-order valence-corrected chi connectivity index (χ4v) is 4.26. The molecule has 7 nitrogen and oxygen atoms in total. The summed E-state index contributed by atoms with van der Waals surface area (Å²) in [5, 5.41) is 5.60. The van der Waals surface area contributed by atoms with Crippen molar-refractivity contribution >= 4 is 38.9 Å². The molecule has 0 heterocycles. The molecule has 0 atom stereocenters. The lowest BCUT2D eigenvalue weighted by Crippen LogP contribution is -2.18. The minimum Gasteiger partial charge on any atom is -0.322 e. The number of benzene rings is 3. The molecular weight excluding hydrogens is 426 g/mol. The topological polar surface area (TPSA) is 104 Å². The van der Waals surface area contributed by atoms with Gasteiger partial charge < -0.3 is 10.6 Å². The van der Waals surface area contributed by atoms with E-state index in [0.717, 1.165) is 0 Å². The fourth-order valence-electron chi connectivity index (χ4n) is 3.06. The molecule has 3 aromatic rings. The van der Waals surface area contributed by atoms with Gasteiger partial charge in [-0.2, -0.15) is 0 Å². The average Bonchev–Trinajstić information content (AvgIpc) is 2.77. The van der Waals surface area contributed by atoms with Crippen molar-refractivity contribution in [2.75, 3.05) is 21.1 Å². The van der Waals surface area contributed by atoms with E-state index < -0.39 is 10.0 Å². The SMILES string of the molecule is CCCS(=O)(=O)Nc1cccc(NC(=O)c2ccc(NC(=O)c3ccccc3)cc2)c1C. The van der Waals surface area contributed by atoms with Crippen molar-refractivity contribution in [2.24, 2.45) is 0 Å². The smallest absolute Gasteiger partial charge is 0.255 e. The maximum absolute atomic E-state index is 12.7. The van der Waals surface area contributed by atoms with Gasteiger partial charge in [0.15, 0.2) is 0 Å². The first-order valence-corrected chi connectivity index (χ1v) is 11.8. The quantitative estimate of drug-likeness (QED) is 0.464. The largest absolute Gasteiger partial charge is 0.322 e. The summed E-state index contributed by atoms with van der Waals surface area (Å²) in [7, 11) is -3.44. The number of carbonyl (C=O) groups is 2. The Morgan fingerprint density at radius 3 is 2.00 bits per heavy atom. The Morgan fingerprint density at radius 1 is 0.750 bits per heavy atom. The zero-order chi connectivity index (χ0) is 23.1. The molecule has 3 N–H and O–H groups in total. The van der Waals surface area contributed by atoms with Gasteiger partial charge in [-0.15, -0.1) is 0 Å². The second kappa shape index (κ2) is 10.1. The van der Waals surface area contributed by atoms with Crippen LogP contribution in [0.4, 0.5) is 17.1 Å². The highest BCUT2D eigenvalue weighted by molar-refractivity contribution is 7.92. The van der Waals surface area contributed by atoms with Gasteiger partial charge in [-0.05, 0) is 67.4 Å². The molecule has 166 valence electrons. The van der Waals surface area contributed by atoms with E-state index in [1.807, 2.05) is 6.07 Å². The molecule has 0 saturated carbocycles. The van der Waals surface area contributed by atoms with Crippen LogP contribution in [-0.4, -0.2) is 26.0 Å². The summed E-state index contributed by atoms with van der Waals surface area (Å²) in [6, 6.07) is 20.4. The minimum atomic E-state index is -3.44. The summed E-state index contributed by atoms with van der Waals surface area (Å²) < 4.78 is 26.7. The van der Waals surface area contributed by atoms with Gasteiger partial charge in [0.1, 0.15) is 0 Å². The Hall–Kier alpha value is -3.65. The van der Waals surface area contributed by atoms with Gasteiger partial charge >= 0.3 is 0 Å². The van der Waals surface area contributed by atoms with E-state index in [4.69, 9.17) is 0 Å². The van der Waals surface area contributed by atoms with Crippen molar-refractivity contribution in [1.29, 1.82) is 0 Å². The molecule has 0 aliphatic rings. The number of amides is 2. The van der Waals surface area contributed by atoms with E-state index >= 15 is 0 Å². The van der Waals surface area contributed by atoms with E-state index in [9.17, 15) is 18.0 Å². The number of rotatable bonds is 8. The van der Waals surface area contributed by atoms with E-state index in [0.29, 0.717) is 40.2 Å². The molecule has 32 heavy (non-hydrogen) atoms. The first-order chi connectivity index (χ1) is 15.3. The molecule has 0 aromatic heterocycles. The van der Waals surface area contributed by atoms with E-state index in [-0.39, 0.29) is 17.6 Å². The molecule has 0 spiro atoms. The highest BCUT2D eigenvalue weighted by Crippen LogP contribution is 2.25. The van der Waals surface area contributed by atoms with Crippen molar-refractivity contribution in [3.8, 4) is 0 Å². The third-order valence-electron chi connectivity index (χ3n) is 4.76. The van der Waals surface area contributed by atoms with Crippen LogP contribution in [0.3, 0.4) is 0 Å². The van der Waals surface area contributed by atoms with Gasteiger partial charge in [0.2, 0.25) is 10.0 Å². The molecule has 0 aliphatic carbocycles. The number of hydrogen-bond donors (Lipinski definition) is 3. The van der Waals surface area contributed by atoms with Gasteiger partial charge in [-0.1, -0.05) is 31.2 Å². The highest BCUT2D eigenvalue weighted by Gasteiger charge is 2.14. The van der Waals surface area contributed by atoms with E-state index in [1.165, 1.54) is 0 Å². The molecular formula is C24H25N3O4S. The number of nitrogens with one attached hydrogen (secondary N) is 3. The summed E-state index contributed by atoms with van der Waals surface area (Å²) in [4.78, 5) is 24.9. The minimum absolute atomic E-state index is 0.0240. The van der Waals surface area contributed by atoms with Crippen LogP contribution in [0.15, 0.2) is 72.8 Å². The van der Waals surface area contributed by atoms with Crippen molar-refractivity contribution in [2.45, 2.75) is 20.3 Å². The van der Waals surface area contributed by atoms with Gasteiger partial charge in [0.05, 0.1) is 11.4 Å². The lowest BCUT2D eigenvalue weighted by Gasteiger charge is -2.14. The summed E-state index contributed by atoms with van der Waals surface area (Å²) >= 11 is 0. The van der Waals surface area contributed by atoms with Crippen molar-refractivity contribution < 1.29 is 18.0 Å². The normalized spacial score (nSPS) is 10.9. The summed E-state index contributed by atoms with van der Waals surface area (Å²) in [5.41, 5.74) is 3.06. The van der Waals surface area contributed by atoms with Crippen LogP contribution in [0.2, 0.25) is 0 Å². The molecule has 3 aromatic carbocycles. The molecule has 8 heteroatoms. The molecule has 0 radical (unpaired) electrons. The maximum atomic E-state index is 12.7. The van der Waals surface area contributed by atoms with E-state index in [1.54, 1.807) is 80.6 Å². The number of sulfonamides is 1. The fraction of sp³-hybridized carbons (Fsp3) is 0.167. The first kappa shape index (κ1) is 23.0. The van der Waals surface area contributed by atoms with Crippen LogP contribution in [-0.2, 0) is 10.0 Å². The average molecular weight is 452 g/mol. The summed E-state index contributed by atoms with van der Waals surface area (Å²) in [6.45, 7) is 3.53. The van der Waals surface area contributed by atoms with E-state index in [2.05, 4.69) is 15.4 Å². The lowest BCUT2D eigenvalue weighted by atomic mass is 10.1. The van der Waals surface area contributed by atoms with Gasteiger partial charge in [0.25, 0.3) is 11.8 Å². The highest BCUT2D eigenvalue weighted by atomic mass is 32.2. The number of carbonyl (C=O) groups excluding carboxylic acids is 2. The Morgan fingerprint density at radius 2 is 1.34 bits per heavy atom. The van der Waals surface area contributed by atoms with Crippen LogP contribution in [0.25, 0.3) is 0 Å². The lowest BCUT2D eigenvalue weighted by molar-refractivity contribution is 0.102. The molecule has 0 fully saturated rings.